The molecule has 0 aliphatic carbocycles. The number of aryl methyl sites for hydroxylation is 1. The van der Waals surface area contributed by atoms with E-state index in [2.05, 4.69) is 23.8 Å². The molecule has 0 aromatic carbocycles. The van der Waals surface area contributed by atoms with E-state index in [9.17, 15) is 14.7 Å². The van der Waals surface area contributed by atoms with E-state index in [0.29, 0.717) is 25.3 Å². The van der Waals surface area contributed by atoms with E-state index in [1.807, 2.05) is 20.0 Å². The molecule has 2 saturated heterocycles. The summed E-state index contributed by atoms with van der Waals surface area (Å²) in [5.41, 5.74) is 0.619. The monoisotopic (exact) mass is 348 g/mol. The van der Waals surface area contributed by atoms with Crippen molar-refractivity contribution >= 4 is 11.9 Å². The lowest BCUT2D eigenvalue weighted by molar-refractivity contribution is -0.153. The van der Waals surface area contributed by atoms with Crippen molar-refractivity contribution in [2.45, 2.75) is 39.7 Å². The van der Waals surface area contributed by atoms with Crippen molar-refractivity contribution in [3.63, 3.8) is 0 Å². The van der Waals surface area contributed by atoms with Gasteiger partial charge in [-0.05, 0) is 44.8 Å². The molecule has 0 spiro atoms. The number of carbonyl (C=O) groups excluding carboxylic acids is 1. The van der Waals surface area contributed by atoms with E-state index in [1.165, 1.54) is 0 Å². The Morgan fingerprint density at radius 1 is 1.40 bits per heavy atom. The normalized spacial score (nSPS) is 26.9. The Kier molecular flexibility index (Phi) is 4.62. The average Bonchev–Trinajstić information content (AvgIpc) is 3.15. The summed E-state index contributed by atoms with van der Waals surface area (Å²) in [6.45, 7) is 8.87. The molecule has 138 valence electrons. The Balaban J connectivity index is 1.88. The van der Waals surface area contributed by atoms with Gasteiger partial charge < -0.3 is 14.9 Å². The standard InChI is InChI=1S/C18H28N4O3/c1-5-22-15(8-14(19-22)12(2)3)16(23)21-9-13-6-7-20(4)10-18(13,11-21)17(24)25/h8,12-13H,5-7,9-11H2,1-4H3,(H,24,25)/t13-,18-/m0/s1. The summed E-state index contributed by atoms with van der Waals surface area (Å²) in [6.07, 6.45) is 0.816. The van der Waals surface area contributed by atoms with E-state index in [0.717, 1.165) is 18.7 Å². The number of carboxylic acids is 1. The second-order valence-electron chi connectivity index (χ2n) is 7.80. The van der Waals surface area contributed by atoms with Gasteiger partial charge in [0.15, 0.2) is 0 Å². The number of piperidine rings is 1. The molecule has 2 atom stereocenters. The quantitative estimate of drug-likeness (QED) is 0.892. The Morgan fingerprint density at radius 2 is 2.12 bits per heavy atom. The summed E-state index contributed by atoms with van der Waals surface area (Å²) in [4.78, 5) is 28.9. The second-order valence-corrected chi connectivity index (χ2v) is 7.80. The highest BCUT2D eigenvalue weighted by atomic mass is 16.4. The van der Waals surface area contributed by atoms with E-state index in [1.54, 1.807) is 9.58 Å². The smallest absolute Gasteiger partial charge is 0.313 e. The van der Waals surface area contributed by atoms with Crippen molar-refractivity contribution in [3.8, 4) is 0 Å². The summed E-state index contributed by atoms with van der Waals surface area (Å²) in [7, 11) is 1.95. The lowest BCUT2D eigenvalue weighted by atomic mass is 9.73. The van der Waals surface area contributed by atoms with Crippen LogP contribution in [0.25, 0.3) is 0 Å². The van der Waals surface area contributed by atoms with Gasteiger partial charge in [0.2, 0.25) is 0 Å². The third-order valence-corrected chi connectivity index (χ3v) is 5.73. The first kappa shape index (κ1) is 17.9. The van der Waals surface area contributed by atoms with E-state index >= 15 is 0 Å². The number of hydrogen-bond acceptors (Lipinski definition) is 4. The molecule has 0 unspecified atom stereocenters. The number of rotatable bonds is 4. The summed E-state index contributed by atoms with van der Waals surface area (Å²) in [5, 5.41) is 14.4. The number of aliphatic carboxylic acids is 1. The van der Waals surface area contributed by atoms with Crippen molar-refractivity contribution in [1.29, 1.82) is 0 Å². The van der Waals surface area contributed by atoms with Gasteiger partial charge in [-0.1, -0.05) is 13.8 Å². The molecule has 2 aliphatic heterocycles. The first-order chi connectivity index (χ1) is 11.8. The van der Waals surface area contributed by atoms with Gasteiger partial charge in [0.05, 0.1) is 5.69 Å². The molecule has 3 heterocycles. The molecule has 0 saturated carbocycles. The maximum Gasteiger partial charge on any atom is 0.313 e. The molecule has 7 nitrogen and oxygen atoms in total. The van der Waals surface area contributed by atoms with Crippen LogP contribution in [-0.4, -0.2) is 69.8 Å². The van der Waals surface area contributed by atoms with Crippen molar-refractivity contribution < 1.29 is 14.7 Å². The number of hydrogen-bond donors (Lipinski definition) is 1. The van der Waals surface area contributed by atoms with Crippen LogP contribution in [0, 0.1) is 11.3 Å². The maximum atomic E-state index is 13.1. The molecule has 2 fully saturated rings. The minimum Gasteiger partial charge on any atom is -0.481 e. The SMILES string of the molecule is CCn1nc(C(C)C)cc1C(=O)N1C[C@@H]2CCN(C)C[C@]2(C(=O)O)C1. The van der Waals surface area contributed by atoms with Crippen LogP contribution < -0.4 is 0 Å². The predicted molar refractivity (Wildman–Crippen MR) is 93.6 cm³/mol. The van der Waals surface area contributed by atoms with Gasteiger partial charge in [0.25, 0.3) is 5.91 Å². The predicted octanol–water partition coefficient (Wildman–Crippen LogP) is 1.50. The third kappa shape index (κ3) is 2.94. The molecule has 1 aromatic rings. The lowest BCUT2D eigenvalue weighted by Crippen LogP contribution is -2.52. The minimum atomic E-state index is -0.847. The number of amides is 1. The molecule has 1 aromatic heterocycles. The number of carbonyl (C=O) groups is 2. The Bertz CT molecular complexity index is 684. The molecule has 7 heteroatoms. The average molecular weight is 348 g/mol. The zero-order valence-electron chi connectivity index (χ0n) is 15.5. The van der Waals surface area contributed by atoms with Crippen molar-refractivity contribution in [1.82, 2.24) is 19.6 Å². The van der Waals surface area contributed by atoms with Crippen LogP contribution in [-0.2, 0) is 11.3 Å². The van der Waals surface area contributed by atoms with Crippen molar-refractivity contribution in [2.75, 3.05) is 33.2 Å². The molecule has 0 radical (unpaired) electrons. The second kappa shape index (κ2) is 6.44. The van der Waals surface area contributed by atoms with E-state index in [-0.39, 0.29) is 24.3 Å². The lowest BCUT2D eigenvalue weighted by Gasteiger charge is -2.39. The summed E-state index contributed by atoms with van der Waals surface area (Å²) < 4.78 is 1.74. The maximum absolute atomic E-state index is 13.1. The van der Waals surface area contributed by atoms with Gasteiger partial charge in [0, 0.05) is 26.2 Å². The fourth-order valence-electron chi connectivity index (χ4n) is 4.22. The summed E-state index contributed by atoms with van der Waals surface area (Å²) in [6, 6.07) is 1.86. The molecule has 1 amide bonds. The van der Waals surface area contributed by atoms with Crippen molar-refractivity contribution in [3.05, 3.63) is 17.5 Å². The minimum absolute atomic E-state index is 0.0210. The van der Waals surface area contributed by atoms with Crippen LogP contribution in [0.5, 0.6) is 0 Å². The van der Waals surface area contributed by atoms with Crippen LogP contribution in [0.3, 0.4) is 0 Å². The molecular weight excluding hydrogens is 320 g/mol. The van der Waals surface area contributed by atoms with Gasteiger partial charge in [-0.25, -0.2) is 0 Å². The van der Waals surface area contributed by atoms with Crippen LogP contribution in [0.1, 0.15) is 49.3 Å². The highest BCUT2D eigenvalue weighted by molar-refractivity contribution is 5.94. The topological polar surface area (TPSA) is 78.7 Å². The summed E-state index contributed by atoms with van der Waals surface area (Å²) in [5.74, 6) is -0.614. The number of likely N-dealkylation sites (tertiary alicyclic amines) is 2. The Labute approximate surface area is 148 Å². The Morgan fingerprint density at radius 3 is 2.72 bits per heavy atom. The van der Waals surface area contributed by atoms with Gasteiger partial charge >= 0.3 is 5.97 Å². The number of nitrogens with zero attached hydrogens (tertiary/aromatic N) is 4. The molecule has 2 aliphatic rings. The first-order valence-electron chi connectivity index (χ1n) is 9.07. The zero-order chi connectivity index (χ0) is 18.4. The van der Waals surface area contributed by atoms with Gasteiger partial charge in [-0.3, -0.25) is 14.3 Å². The Hall–Kier alpha value is -1.89. The third-order valence-electron chi connectivity index (χ3n) is 5.73. The molecule has 3 rings (SSSR count). The molecule has 25 heavy (non-hydrogen) atoms. The van der Waals surface area contributed by atoms with Gasteiger partial charge in [-0.15, -0.1) is 0 Å². The number of carboxylic acid groups (broad SMARTS) is 1. The largest absolute Gasteiger partial charge is 0.481 e. The summed E-state index contributed by atoms with van der Waals surface area (Å²) >= 11 is 0. The number of aromatic nitrogens is 2. The zero-order valence-corrected chi connectivity index (χ0v) is 15.5. The van der Waals surface area contributed by atoms with Gasteiger partial charge in [0.1, 0.15) is 11.1 Å². The fraction of sp³-hybridized carbons (Fsp3) is 0.722. The van der Waals surface area contributed by atoms with E-state index in [4.69, 9.17) is 0 Å². The molecular formula is C18H28N4O3. The van der Waals surface area contributed by atoms with Gasteiger partial charge in [-0.2, -0.15) is 5.10 Å². The van der Waals surface area contributed by atoms with Crippen LogP contribution >= 0.6 is 0 Å². The molecule has 1 N–H and O–H groups in total. The first-order valence-corrected chi connectivity index (χ1v) is 9.07. The molecule has 0 bridgehead atoms. The van der Waals surface area contributed by atoms with Crippen LogP contribution in [0.15, 0.2) is 6.07 Å². The van der Waals surface area contributed by atoms with Crippen LogP contribution in [0.2, 0.25) is 0 Å². The van der Waals surface area contributed by atoms with E-state index < -0.39 is 11.4 Å². The fourth-order valence-corrected chi connectivity index (χ4v) is 4.22. The highest BCUT2D eigenvalue weighted by Crippen LogP contribution is 2.42. The number of fused-ring (bicyclic) bond motifs is 1. The van der Waals surface area contributed by atoms with Crippen LogP contribution in [0.4, 0.5) is 0 Å². The highest BCUT2D eigenvalue weighted by Gasteiger charge is 2.55. The van der Waals surface area contributed by atoms with Crippen molar-refractivity contribution in [2.24, 2.45) is 11.3 Å².